The minimum absolute atomic E-state index is 0.729. The molecule has 0 N–H and O–H groups in total. The summed E-state index contributed by atoms with van der Waals surface area (Å²) in [6.45, 7) is 4.26. The van der Waals surface area contributed by atoms with Crippen molar-refractivity contribution in [3.63, 3.8) is 0 Å². The van der Waals surface area contributed by atoms with E-state index in [2.05, 4.69) is 13.8 Å². The molecule has 0 aromatic carbocycles. The van der Waals surface area contributed by atoms with E-state index >= 15 is 0 Å². The normalized spacial score (nSPS) is 10.1. The molecule has 0 saturated carbocycles. The molecule has 0 spiro atoms. The van der Waals surface area contributed by atoms with Gasteiger partial charge in [0.15, 0.2) is 0 Å². The van der Waals surface area contributed by atoms with Crippen LogP contribution < -0.4 is 0 Å². The van der Waals surface area contributed by atoms with Crippen molar-refractivity contribution in [3.05, 3.63) is 0 Å². The highest BCUT2D eigenvalue weighted by Crippen LogP contribution is 2.07. The molecule has 0 saturated heterocycles. The van der Waals surface area contributed by atoms with Crippen molar-refractivity contribution in [2.45, 2.75) is 65.2 Å². The van der Waals surface area contributed by atoms with E-state index in [0.717, 1.165) is 56.2 Å². The van der Waals surface area contributed by atoms with Crippen LogP contribution in [0.15, 0.2) is 0 Å². The highest BCUT2D eigenvalue weighted by Gasteiger charge is 2.01. The second-order valence-electron chi connectivity index (χ2n) is 3.69. The van der Waals surface area contributed by atoms with Gasteiger partial charge in [-0.3, -0.25) is 0 Å². The molecule has 3 heteroatoms. The quantitative estimate of drug-likeness (QED) is 0.463. The van der Waals surface area contributed by atoms with E-state index in [9.17, 15) is 8.42 Å². The molecule has 84 valence electrons. The largest absolute Gasteiger partial charge is 0.213 e. The van der Waals surface area contributed by atoms with Crippen molar-refractivity contribution in [2.24, 2.45) is 0 Å². The molecule has 0 radical (unpaired) electrons. The van der Waals surface area contributed by atoms with Crippen LogP contribution >= 0.6 is 0 Å². The Bertz CT molecular complexity index is 232. The van der Waals surface area contributed by atoms with E-state index in [4.69, 9.17) is 0 Å². The predicted octanol–water partition coefficient (Wildman–Crippen LogP) is 3.20. The van der Waals surface area contributed by atoms with Gasteiger partial charge in [0, 0.05) is 4.86 Å². The third-order valence-electron chi connectivity index (χ3n) is 2.35. The molecule has 14 heavy (non-hydrogen) atoms. The first-order chi connectivity index (χ1) is 6.72. The zero-order chi connectivity index (χ0) is 10.8. The van der Waals surface area contributed by atoms with Crippen LogP contribution in [0.3, 0.4) is 0 Å². The van der Waals surface area contributed by atoms with Crippen LogP contribution in [-0.4, -0.2) is 13.3 Å². The molecule has 0 bridgehead atoms. The molecule has 0 aromatic rings. The fourth-order valence-electron chi connectivity index (χ4n) is 1.44. The van der Waals surface area contributed by atoms with Crippen LogP contribution in [-0.2, 0) is 10.3 Å². The summed E-state index contributed by atoms with van der Waals surface area (Å²) in [6.07, 6.45) is 8.14. The van der Waals surface area contributed by atoms with E-state index in [0.29, 0.717) is 0 Å². The Kier molecular flexibility index (Phi) is 9.05. The average Bonchev–Trinajstić information content (AvgIpc) is 2.15. The molecule has 0 rings (SSSR count). The SMILES string of the molecule is CCCCCC(CCCCC)=S(=O)=O. The van der Waals surface area contributed by atoms with Gasteiger partial charge in [0.25, 0.3) is 0 Å². The third-order valence-corrected chi connectivity index (χ3v) is 3.23. The van der Waals surface area contributed by atoms with Crippen LogP contribution in [0.5, 0.6) is 0 Å². The lowest BCUT2D eigenvalue weighted by atomic mass is 10.1. The summed E-state index contributed by atoms with van der Waals surface area (Å²) in [5.41, 5.74) is 0. The Hall–Kier alpha value is -0.310. The van der Waals surface area contributed by atoms with Crippen molar-refractivity contribution >= 4 is 15.2 Å². The first-order valence-corrected chi connectivity index (χ1v) is 6.73. The van der Waals surface area contributed by atoms with Crippen molar-refractivity contribution in [2.75, 3.05) is 0 Å². The number of hydrogen-bond acceptors (Lipinski definition) is 2. The Morgan fingerprint density at radius 3 is 1.57 bits per heavy atom. The van der Waals surface area contributed by atoms with E-state index in [1.807, 2.05) is 0 Å². The standard InChI is InChI=1S/C11H22O2S/c1-3-5-7-9-11(14(12)13)10-8-6-4-2/h3-10H2,1-2H3. The summed E-state index contributed by atoms with van der Waals surface area (Å²) in [4.78, 5) is 0.729. The maximum atomic E-state index is 10.9. The van der Waals surface area contributed by atoms with Crippen LogP contribution in [0, 0.1) is 0 Å². The van der Waals surface area contributed by atoms with Gasteiger partial charge in [0.05, 0.1) is 0 Å². The van der Waals surface area contributed by atoms with Gasteiger partial charge < -0.3 is 0 Å². The van der Waals surface area contributed by atoms with Crippen molar-refractivity contribution in [1.29, 1.82) is 0 Å². The van der Waals surface area contributed by atoms with Crippen LogP contribution in [0.25, 0.3) is 0 Å². The summed E-state index contributed by atoms with van der Waals surface area (Å²) >= 11 is 0. The van der Waals surface area contributed by atoms with E-state index in [1.54, 1.807) is 0 Å². The first kappa shape index (κ1) is 13.7. The minimum Gasteiger partial charge on any atom is -0.185 e. The lowest BCUT2D eigenvalue weighted by Gasteiger charge is -2.01. The molecule has 2 nitrogen and oxygen atoms in total. The van der Waals surface area contributed by atoms with E-state index < -0.39 is 10.3 Å². The summed E-state index contributed by atoms with van der Waals surface area (Å²) in [7, 11) is -1.94. The zero-order valence-electron chi connectivity index (χ0n) is 9.38. The molecule has 0 amide bonds. The molecule has 0 aliphatic heterocycles. The Morgan fingerprint density at radius 2 is 1.29 bits per heavy atom. The van der Waals surface area contributed by atoms with Gasteiger partial charge in [-0.2, -0.15) is 8.42 Å². The van der Waals surface area contributed by atoms with Gasteiger partial charge in [0.2, 0.25) is 10.3 Å². The second kappa shape index (κ2) is 9.25. The highest BCUT2D eigenvalue weighted by molar-refractivity contribution is 7.73. The first-order valence-electron chi connectivity index (χ1n) is 5.66. The van der Waals surface area contributed by atoms with E-state index in [-0.39, 0.29) is 0 Å². The Balaban J connectivity index is 3.88. The molecule has 0 aromatic heterocycles. The van der Waals surface area contributed by atoms with Gasteiger partial charge >= 0.3 is 0 Å². The smallest absolute Gasteiger partial charge is 0.185 e. The molecule has 0 unspecified atom stereocenters. The second-order valence-corrected chi connectivity index (χ2v) is 4.73. The van der Waals surface area contributed by atoms with Gasteiger partial charge in [-0.15, -0.1) is 0 Å². The minimum atomic E-state index is -1.94. The number of unbranched alkanes of at least 4 members (excludes halogenated alkanes) is 4. The van der Waals surface area contributed by atoms with Gasteiger partial charge in [-0.05, 0) is 25.7 Å². The zero-order valence-corrected chi connectivity index (χ0v) is 10.2. The number of hydrogen-bond donors (Lipinski definition) is 0. The fourth-order valence-corrected chi connectivity index (χ4v) is 2.06. The monoisotopic (exact) mass is 218 g/mol. The molecule has 0 aliphatic rings. The topological polar surface area (TPSA) is 34.1 Å². The molecule has 0 aliphatic carbocycles. The molecule has 0 fully saturated rings. The number of rotatable bonds is 8. The van der Waals surface area contributed by atoms with Gasteiger partial charge in [0.1, 0.15) is 0 Å². The van der Waals surface area contributed by atoms with Gasteiger partial charge in [-0.1, -0.05) is 39.5 Å². The molecular weight excluding hydrogens is 196 g/mol. The summed E-state index contributed by atoms with van der Waals surface area (Å²) < 4.78 is 21.7. The summed E-state index contributed by atoms with van der Waals surface area (Å²) in [5, 5.41) is 0. The van der Waals surface area contributed by atoms with E-state index in [1.165, 1.54) is 0 Å². The fraction of sp³-hybridized carbons (Fsp3) is 0.909. The predicted molar refractivity (Wildman–Crippen MR) is 62.2 cm³/mol. The molecular formula is C11H22O2S. The lowest BCUT2D eigenvalue weighted by molar-refractivity contribution is 0.625. The van der Waals surface area contributed by atoms with Crippen LogP contribution in [0.4, 0.5) is 0 Å². The Morgan fingerprint density at radius 1 is 0.857 bits per heavy atom. The Labute approximate surface area is 89.2 Å². The van der Waals surface area contributed by atoms with Crippen LogP contribution in [0.1, 0.15) is 65.2 Å². The lowest BCUT2D eigenvalue weighted by Crippen LogP contribution is -2.00. The molecule has 0 atom stereocenters. The highest BCUT2D eigenvalue weighted by atomic mass is 32.2. The third kappa shape index (κ3) is 7.13. The molecule has 0 heterocycles. The maximum absolute atomic E-state index is 10.9. The summed E-state index contributed by atoms with van der Waals surface area (Å²) in [6, 6.07) is 0. The van der Waals surface area contributed by atoms with Crippen LogP contribution in [0.2, 0.25) is 0 Å². The summed E-state index contributed by atoms with van der Waals surface area (Å²) in [5.74, 6) is 0. The van der Waals surface area contributed by atoms with Gasteiger partial charge in [-0.25, -0.2) is 0 Å². The maximum Gasteiger partial charge on any atom is 0.213 e. The van der Waals surface area contributed by atoms with Crippen molar-refractivity contribution in [1.82, 2.24) is 0 Å². The van der Waals surface area contributed by atoms with Crippen molar-refractivity contribution in [3.8, 4) is 0 Å². The van der Waals surface area contributed by atoms with Crippen molar-refractivity contribution < 1.29 is 8.42 Å². The average molecular weight is 218 g/mol.